The predicted molar refractivity (Wildman–Crippen MR) is 68.2 cm³/mol. The number of hydrogen-bond acceptors (Lipinski definition) is 2. The summed E-state index contributed by atoms with van der Waals surface area (Å²) in [4.78, 5) is -0.231. The highest BCUT2D eigenvalue weighted by atomic mass is 32.2. The van der Waals surface area contributed by atoms with Crippen molar-refractivity contribution < 1.29 is 12.8 Å². The maximum Gasteiger partial charge on any atom is 0.245 e. The third kappa shape index (κ3) is 2.72. The Labute approximate surface area is 108 Å². The molecule has 1 aliphatic carbocycles. The molecular weight excluding hydrogens is 253 g/mol. The van der Waals surface area contributed by atoms with Gasteiger partial charge in [0.15, 0.2) is 0 Å². The van der Waals surface area contributed by atoms with Crippen LogP contribution in [0.1, 0.15) is 25.7 Å². The average molecular weight is 271 g/mol. The van der Waals surface area contributed by atoms with Gasteiger partial charge in [-0.3, -0.25) is 0 Å². The number of sulfonamides is 1. The minimum Gasteiger partial charge on any atom is -0.207 e. The smallest absolute Gasteiger partial charge is 0.207 e. The predicted octanol–water partition coefficient (Wildman–Crippen LogP) is 2.64. The molecule has 0 saturated heterocycles. The van der Waals surface area contributed by atoms with Crippen molar-refractivity contribution in [3.05, 3.63) is 30.1 Å². The molecule has 1 fully saturated rings. The number of nitrogens with zero attached hydrogens (tertiary/aromatic N) is 1. The first kappa shape index (κ1) is 13.5. The van der Waals surface area contributed by atoms with Gasteiger partial charge in [0.25, 0.3) is 0 Å². The van der Waals surface area contributed by atoms with Crippen LogP contribution in [-0.2, 0) is 10.0 Å². The lowest BCUT2D eigenvalue weighted by atomic mass is 10.1. The molecular formula is C13H18FNO2S. The zero-order chi connectivity index (χ0) is 13.2. The van der Waals surface area contributed by atoms with Crippen LogP contribution in [-0.4, -0.2) is 26.3 Å². The molecule has 1 saturated carbocycles. The highest BCUT2D eigenvalue weighted by molar-refractivity contribution is 7.89. The Kier molecular flexibility index (Phi) is 4.02. The Balaban J connectivity index is 2.17. The van der Waals surface area contributed by atoms with E-state index in [1.807, 2.05) is 0 Å². The van der Waals surface area contributed by atoms with Crippen LogP contribution in [0.3, 0.4) is 0 Å². The van der Waals surface area contributed by atoms with Crippen molar-refractivity contribution in [2.75, 3.05) is 13.6 Å². The van der Waals surface area contributed by atoms with Crippen LogP contribution in [0, 0.1) is 11.7 Å². The number of halogens is 1. The quantitative estimate of drug-likeness (QED) is 0.844. The highest BCUT2D eigenvalue weighted by Gasteiger charge is 2.27. The summed E-state index contributed by atoms with van der Waals surface area (Å²) in [5, 5.41) is 0. The summed E-state index contributed by atoms with van der Waals surface area (Å²) in [5.74, 6) is -0.271. The summed E-state index contributed by atoms with van der Waals surface area (Å²) in [6.45, 7) is 0.483. The van der Waals surface area contributed by atoms with E-state index in [2.05, 4.69) is 0 Å². The monoisotopic (exact) mass is 271 g/mol. The molecule has 2 rings (SSSR count). The zero-order valence-electron chi connectivity index (χ0n) is 10.5. The maximum absolute atomic E-state index is 13.6. The topological polar surface area (TPSA) is 37.4 Å². The van der Waals surface area contributed by atoms with Crippen molar-refractivity contribution in [3.8, 4) is 0 Å². The molecule has 3 nitrogen and oxygen atoms in total. The van der Waals surface area contributed by atoms with E-state index >= 15 is 0 Å². The molecule has 1 aliphatic rings. The second kappa shape index (κ2) is 5.36. The molecule has 0 heterocycles. The largest absolute Gasteiger partial charge is 0.245 e. The van der Waals surface area contributed by atoms with Crippen molar-refractivity contribution in [2.24, 2.45) is 5.92 Å². The van der Waals surface area contributed by atoms with Gasteiger partial charge in [-0.05, 0) is 30.9 Å². The maximum atomic E-state index is 13.6. The van der Waals surface area contributed by atoms with Crippen molar-refractivity contribution >= 4 is 10.0 Å². The summed E-state index contributed by atoms with van der Waals surface area (Å²) < 4.78 is 39.3. The molecule has 18 heavy (non-hydrogen) atoms. The molecule has 0 aliphatic heterocycles. The van der Waals surface area contributed by atoms with E-state index in [1.165, 1.54) is 29.6 Å². The molecule has 0 bridgehead atoms. The zero-order valence-corrected chi connectivity index (χ0v) is 11.3. The molecule has 5 heteroatoms. The van der Waals surface area contributed by atoms with Gasteiger partial charge >= 0.3 is 0 Å². The van der Waals surface area contributed by atoms with Crippen LogP contribution in [0.4, 0.5) is 4.39 Å². The second-order valence-electron chi connectivity index (χ2n) is 4.87. The van der Waals surface area contributed by atoms with Crippen LogP contribution in [0.15, 0.2) is 29.2 Å². The fourth-order valence-electron chi connectivity index (χ4n) is 2.48. The summed E-state index contributed by atoms with van der Waals surface area (Å²) in [6, 6.07) is 5.52. The van der Waals surface area contributed by atoms with Gasteiger partial charge in [0.05, 0.1) is 0 Å². The van der Waals surface area contributed by atoms with Crippen LogP contribution in [0.25, 0.3) is 0 Å². The van der Waals surface area contributed by atoms with Gasteiger partial charge in [0, 0.05) is 13.6 Å². The summed E-state index contributed by atoms with van der Waals surface area (Å²) in [6.07, 6.45) is 4.46. The lowest BCUT2D eigenvalue weighted by Gasteiger charge is -2.20. The third-order valence-electron chi connectivity index (χ3n) is 3.51. The van der Waals surface area contributed by atoms with Crippen molar-refractivity contribution in [2.45, 2.75) is 30.6 Å². The molecule has 0 N–H and O–H groups in total. The minimum absolute atomic E-state index is 0.231. The second-order valence-corrected chi connectivity index (χ2v) is 6.88. The van der Waals surface area contributed by atoms with Crippen LogP contribution >= 0.6 is 0 Å². The van der Waals surface area contributed by atoms with Gasteiger partial charge < -0.3 is 0 Å². The lowest BCUT2D eigenvalue weighted by molar-refractivity contribution is 0.385. The van der Waals surface area contributed by atoms with E-state index in [1.54, 1.807) is 6.07 Å². The van der Waals surface area contributed by atoms with Gasteiger partial charge in [-0.1, -0.05) is 25.0 Å². The van der Waals surface area contributed by atoms with Gasteiger partial charge in [0.1, 0.15) is 10.7 Å². The summed E-state index contributed by atoms with van der Waals surface area (Å²) in [5.41, 5.74) is 0. The van der Waals surface area contributed by atoms with Crippen molar-refractivity contribution in [1.29, 1.82) is 0 Å². The molecule has 0 atom stereocenters. The molecule has 1 aromatic rings. The molecule has 1 aromatic carbocycles. The standard InChI is InChI=1S/C13H18FNO2S/c1-15(10-11-6-2-3-7-11)18(16,17)13-9-5-4-8-12(13)14/h4-5,8-9,11H,2-3,6-7,10H2,1H3. The van der Waals surface area contributed by atoms with E-state index in [4.69, 9.17) is 0 Å². The molecule has 0 aromatic heterocycles. The van der Waals surface area contributed by atoms with Crippen molar-refractivity contribution in [3.63, 3.8) is 0 Å². The van der Waals surface area contributed by atoms with Crippen LogP contribution in [0.5, 0.6) is 0 Å². The Bertz CT molecular complexity index is 509. The molecule has 0 amide bonds. The normalized spacial score (nSPS) is 17.5. The molecule has 0 unspecified atom stereocenters. The number of benzene rings is 1. The molecule has 100 valence electrons. The van der Waals surface area contributed by atoms with Crippen molar-refractivity contribution in [1.82, 2.24) is 4.31 Å². The van der Waals surface area contributed by atoms with Gasteiger partial charge in [0.2, 0.25) is 10.0 Å². The van der Waals surface area contributed by atoms with Gasteiger partial charge in [-0.25, -0.2) is 17.1 Å². The first-order chi connectivity index (χ1) is 8.51. The number of rotatable bonds is 4. The first-order valence-corrected chi connectivity index (χ1v) is 7.66. The van der Waals surface area contributed by atoms with E-state index in [9.17, 15) is 12.8 Å². The lowest BCUT2D eigenvalue weighted by Crippen LogP contribution is -2.31. The Hall–Kier alpha value is -0.940. The van der Waals surface area contributed by atoms with E-state index in [-0.39, 0.29) is 4.90 Å². The molecule has 0 radical (unpaired) electrons. The molecule has 0 spiro atoms. The van der Waals surface area contributed by atoms with E-state index in [0.29, 0.717) is 12.5 Å². The van der Waals surface area contributed by atoms with E-state index < -0.39 is 15.8 Å². The Morgan fingerprint density at radius 2 is 1.89 bits per heavy atom. The Morgan fingerprint density at radius 3 is 2.50 bits per heavy atom. The first-order valence-electron chi connectivity index (χ1n) is 6.22. The fourth-order valence-corrected chi connectivity index (χ4v) is 3.78. The minimum atomic E-state index is -3.70. The van der Waals surface area contributed by atoms with Gasteiger partial charge in [-0.2, -0.15) is 0 Å². The third-order valence-corrected chi connectivity index (χ3v) is 5.37. The van der Waals surface area contributed by atoms with Gasteiger partial charge in [-0.15, -0.1) is 0 Å². The average Bonchev–Trinajstić information content (AvgIpc) is 2.82. The van der Waals surface area contributed by atoms with Crippen LogP contribution in [0.2, 0.25) is 0 Å². The summed E-state index contributed by atoms with van der Waals surface area (Å²) in [7, 11) is -2.17. The Morgan fingerprint density at radius 1 is 1.28 bits per heavy atom. The summed E-state index contributed by atoms with van der Waals surface area (Å²) >= 11 is 0. The number of hydrogen-bond donors (Lipinski definition) is 0. The fraction of sp³-hybridized carbons (Fsp3) is 0.538. The van der Waals surface area contributed by atoms with E-state index in [0.717, 1.165) is 25.7 Å². The SMILES string of the molecule is CN(CC1CCCC1)S(=O)(=O)c1ccccc1F. The highest BCUT2D eigenvalue weighted by Crippen LogP contribution is 2.27. The van der Waals surface area contributed by atoms with Crippen LogP contribution < -0.4 is 0 Å².